The van der Waals surface area contributed by atoms with Gasteiger partial charge in [-0.2, -0.15) is 0 Å². The van der Waals surface area contributed by atoms with E-state index in [0.717, 1.165) is 0 Å². The summed E-state index contributed by atoms with van der Waals surface area (Å²) < 4.78 is 0. The zero-order valence-electron chi connectivity index (χ0n) is 3.21. The van der Waals surface area contributed by atoms with Crippen LogP contribution in [-0.4, -0.2) is 37.7 Å². The molecule has 0 radical (unpaired) electrons. The Morgan fingerprint density at radius 3 is 1.40 bits per heavy atom. The Bertz CT molecular complexity index is 26.6. The van der Waals surface area contributed by atoms with Gasteiger partial charge in [-0.05, 0) is 13.8 Å². The van der Waals surface area contributed by atoms with Gasteiger partial charge in [0.15, 0.2) is 0 Å². The fourth-order valence-corrected chi connectivity index (χ4v) is 0. The second-order valence-corrected chi connectivity index (χ2v) is 1.21. The summed E-state index contributed by atoms with van der Waals surface area (Å²) in [5.41, 5.74) is 1.17. The van der Waals surface area contributed by atoms with Crippen LogP contribution < -0.4 is 0 Å². The van der Waals surface area contributed by atoms with Crippen LogP contribution >= 0.6 is 0 Å². The molecule has 0 N–H and O–H groups in total. The predicted octanol–water partition coefficient (Wildman–Crippen LogP) is 0.666. The molecule has 0 aromatic heterocycles. The number of allylic oxidation sites excluding steroid dienone is 1. The molecule has 0 saturated carbocycles. The molecule has 1 heteroatoms. The first-order valence-corrected chi connectivity index (χ1v) is 1.35. The fraction of sp³-hybridized carbons (Fsp3) is 0.500. The molecule has 0 rings (SSSR count). The maximum absolute atomic E-state index is 3.56. The second kappa shape index (κ2) is 5.00. The standard InChI is InChI=1S/C4H8.Ca.2H/c1-4(2)3;;;/h1H2,2-3H3;;;. The van der Waals surface area contributed by atoms with Gasteiger partial charge in [0.1, 0.15) is 0 Å². The maximum atomic E-state index is 3.56. The first-order valence-electron chi connectivity index (χ1n) is 1.35. The Balaban J connectivity index is 0. The summed E-state index contributed by atoms with van der Waals surface area (Å²) in [5.74, 6) is 0. The van der Waals surface area contributed by atoms with Gasteiger partial charge in [0.2, 0.25) is 0 Å². The molecule has 0 aliphatic heterocycles. The second-order valence-electron chi connectivity index (χ2n) is 1.21. The van der Waals surface area contributed by atoms with Gasteiger partial charge in [-0.1, -0.05) is 5.57 Å². The fourth-order valence-electron chi connectivity index (χ4n) is 0. The van der Waals surface area contributed by atoms with E-state index in [1.807, 2.05) is 13.8 Å². The SMILES string of the molecule is C=C(C)C.[CaH2]. The van der Waals surface area contributed by atoms with Crippen LogP contribution in [0.25, 0.3) is 0 Å². The van der Waals surface area contributed by atoms with Crippen LogP contribution in [0.2, 0.25) is 0 Å². The van der Waals surface area contributed by atoms with Crippen LogP contribution in [0.1, 0.15) is 13.8 Å². The molecule has 0 amide bonds. The number of hydrogen-bond acceptors (Lipinski definition) is 0. The van der Waals surface area contributed by atoms with Gasteiger partial charge in [-0.3, -0.25) is 0 Å². The van der Waals surface area contributed by atoms with Crippen molar-refractivity contribution in [1.82, 2.24) is 0 Å². The molecule has 0 atom stereocenters. The van der Waals surface area contributed by atoms with Gasteiger partial charge in [-0.15, -0.1) is 6.58 Å². The van der Waals surface area contributed by atoms with Gasteiger partial charge in [0.25, 0.3) is 0 Å². The van der Waals surface area contributed by atoms with Crippen molar-refractivity contribution in [3.63, 3.8) is 0 Å². The van der Waals surface area contributed by atoms with E-state index in [1.54, 1.807) is 0 Å². The molecular weight excluding hydrogens is 88.1 g/mol. The molecule has 0 bridgehead atoms. The minimum absolute atomic E-state index is 0. The van der Waals surface area contributed by atoms with Crippen LogP contribution in [0, 0.1) is 0 Å². The van der Waals surface area contributed by atoms with E-state index in [4.69, 9.17) is 0 Å². The predicted molar refractivity (Wildman–Crippen MR) is 29.0 cm³/mol. The van der Waals surface area contributed by atoms with Crippen molar-refractivity contribution in [2.45, 2.75) is 13.8 Å². The van der Waals surface area contributed by atoms with Gasteiger partial charge >= 0.3 is 37.7 Å². The Morgan fingerprint density at radius 1 is 1.40 bits per heavy atom. The third-order valence-corrected chi connectivity index (χ3v) is 0. The summed E-state index contributed by atoms with van der Waals surface area (Å²) in [7, 11) is 0. The third-order valence-electron chi connectivity index (χ3n) is 0. The van der Waals surface area contributed by atoms with Gasteiger partial charge in [0.05, 0.1) is 0 Å². The van der Waals surface area contributed by atoms with E-state index < -0.39 is 0 Å². The van der Waals surface area contributed by atoms with E-state index in [2.05, 4.69) is 6.58 Å². The Hall–Kier alpha value is 1.000. The molecule has 0 saturated heterocycles. The van der Waals surface area contributed by atoms with Crippen LogP contribution in [-0.2, 0) is 0 Å². The average Bonchev–Trinajstić information content (AvgIpc) is 0.811. The van der Waals surface area contributed by atoms with Crippen molar-refractivity contribution in [1.29, 1.82) is 0 Å². The van der Waals surface area contributed by atoms with E-state index in [0.29, 0.717) is 0 Å². The van der Waals surface area contributed by atoms with Crippen molar-refractivity contribution < 1.29 is 0 Å². The Kier molecular flexibility index (Phi) is 9.37. The molecule has 0 aliphatic carbocycles. The number of hydrogen-bond donors (Lipinski definition) is 0. The molecule has 0 unspecified atom stereocenters. The summed E-state index contributed by atoms with van der Waals surface area (Å²) in [6.07, 6.45) is 0. The quantitative estimate of drug-likeness (QED) is 0.308. The molecule has 0 aliphatic rings. The molecule has 0 heterocycles. The van der Waals surface area contributed by atoms with Gasteiger partial charge in [-0.25, -0.2) is 0 Å². The Morgan fingerprint density at radius 2 is 1.40 bits per heavy atom. The van der Waals surface area contributed by atoms with Crippen molar-refractivity contribution in [2.75, 3.05) is 0 Å². The van der Waals surface area contributed by atoms with E-state index in [9.17, 15) is 0 Å². The van der Waals surface area contributed by atoms with E-state index >= 15 is 0 Å². The summed E-state index contributed by atoms with van der Waals surface area (Å²) >= 11 is 0. The van der Waals surface area contributed by atoms with Crippen LogP contribution in [0.5, 0.6) is 0 Å². The minimum atomic E-state index is 0. The molecule has 28 valence electrons. The summed E-state index contributed by atoms with van der Waals surface area (Å²) in [4.78, 5) is 0. The van der Waals surface area contributed by atoms with Gasteiger partial charge < -0.3 is 0 Å². The third kappa shape index (κ3) is 45.0. The topological polar surface area (TPSA) is 0 Å². The Labute approximate surface area is 63.3 Å². The molecule has 0 fully saturated rings. The zero-order valence-corrected chi connectivity index (χ0v) is 3.21. The van der Waals surface area contributed by atoms with Crippen LogP contribution in [0.15, 0.2) is 12.2 Å². The first kappa shape index (κ1) is 9.37. The van der Waals surface area contributed by atoms with Crippen molar-refractivity contribution in [2.24, 2.45) is 0 Å². The molecule has 0 aromatic carbocycles. The normalized spacial score (nSPS) is 5.20. The van der Waals surface area contributed by atoms with Crippen LogP contribution in [0.3, 0.4) is 0 Å². The summed E-state index contributed by atoms with van der Waals surface area (Å²) in [6.45, 7) is 7.50. The van der Waals surface area contributed by atoms with E-state index in [-0.39, 0.29) is 37.7 Å². The molecule has 0 nitrogen and oxygen atoms in total. The van der Waals surface area contributed by atoms with Crippen molar-refractivity contribution in [3.05, 3.63) is 12.2 Å². The summed E-state index contributed by atoms with van der Waals surface area (Å²) in [6, 6.07) is 0. The molecule has 0 aromatic rings. The number of rotatable bonds is 0. The first-order chi connectivity index (χ1) is 1.73. The molecular formula is C4H10Ca. The molecule has 0 spiro atoms. The van der Waals surface area contributed by atoms with Crippen molar-refractivity contribution >= 4 is 37.7 Å². The monoisotopic (exact) mass is 98.0 g/mol. The van der Waals surface area contributed by atoms with Gasteiger partial charge in [0, 0.05) is 0 Å². The zero-order chi connectivity index (χ0) is 3.58. The molecule has 5 heavy (non-hydrogen) atoms. The summed E-state index contributed by atoms with van der Waals surface area (Å²) in [5, 5.41) is 0. The van der Waals surface area contributed by atoms with E-state index in [1.165, 1.54) is 5.57 Å². The van der Waals surface area contributed by atoms with Crippen molar-refractivity contribution in [3.8, 4) is 0 Å². The average molecular weight is 98.2 g/mol. The van der Waals surface area contributed by atoms with Crippen LogP contribution in [0.4, 0.5) is 0 Å².